The lowest BCUT2D eigenvalue weighted by atomic mass is 9.88. The fourth-order valence-electron chi connectivity index (χ4n) is 15.3. The molecule has 8 aliphatic rings. The van der Waals surface area contributed by atoms with Crippen LogP contribution >= 0.6 is 34.8 Å². The van der Waals surface area contributed by atoms with E-state index in [-0.39, 0.29) is 125 Å². The van der Waals surface area contributed by atoms with Gasteiger partial charge in [0.05, 0.1) is 52.2 Å². The number of piperidine rings is 3. The number of nitrogens with two attached hydrogens (primary N) is 6. The number of para-hydroxylation sites is 1. The number of fused-ring (bicyclic) bond motifs is 3. The number of aromatic nitrogens is 7. The molecule has 8 amide bonds. The molecule has 10 heterocycles. The number of guanidine groups is 3. The summed E-state index contributed by atoms with van der Waals surface area (Å²) in [5.41, 5.74) is 40.7. The minimum atomic E-state index is -3.91. The Morgan fingerprint density at radius 3 is 1.41 bits per heavy atom. The average molecular weight is 1660 g/mol. The summed E-state index contributed by atoms with van der Waals surface area (Å²) in [5, 5.41) is 23.6. The fourth-order valence-corrected chi connectivity index (χ4v) is 17.0. The van der Waals surface area contributed by atoms with Gasteiger partial charge in [-0.15, -0.1) is 0 Å². The Hall–Kier alpha value is -12.5. The standard InChI is InChI=1S/C27H26ClN9O4S.C26H29ClN8O2.C23H29ClN10O3/c28-21-23(30)33-22(29)20(32-21)24(38)34-26-31-15-27(35-26)10-12-36(13-11-27)25(39)18-14-37(19-9-5-4-8-17(18)19)42(40,41)16-6-2-1-3-7-16;27-20-22(29)32-21(28)19(31-20)23(36)33-25-30-13-26(34-25)7-9-35(10-8-26)24(37)16-6-5-15-11-14-3-1-2-4-17(14)18(15)12-16;1-12(2)28-22(37)29-14-5-3-4-13(10-14)20(36)34-8-6-23(7-9-34)11-27-21(33-23)32-19(35)15-17(25)31-18(26)16(24)30-15/h1-9,14H,10-13,15H2,(H4,29,30,33)(H2,31,34,35,38);5-6,12H,1-4,7-11,13H2,(H4,28,29,32)(H2,30,33,34,36);3-5,10,12H,6-9,11H2,1-2H3,(H4,25,26,31)(H2,28,29,37)(H2,27,32,33,35). The molecule has 0 unspecified atom stereocenters. The van der Waals surface area contributed by atoms with Gasteiger partial charge in [0.15, 0.2) is 85.3 Å². The van der Waals surface area contributed by atoms with Gasteiger partial charge in [0, 0.05) is 73.7 Å². The third-order valence-electron chi connectivity index (χ3n) is 21.5. The number of nitrogen functional groups attached to an aromatic ring is 6. The predicted molar refractivity (Wildman–Crippen MR) is 440 cm³/mol. The molecular formula is C76H84Cl3N27O9S. The number of nitrogens with zero attached hydrogens (tertiary/aromatic N) is 13. The highest BCUT2D eigenvalue weighted by Crippen LogP contribution is 2.43. The average Bonchev–Trinajstić information content (AvgIpc) is 1.60. The van der Waals surface area contributed by atoms with E-state index in [4.69, 9.17) is 69.2 Å². The number of benzene rings is 4. The number of hydrogen-bond acceptors (Lipinski definition) is 27. The number of halogens is 3. The Labute approximate surface area is 680 Å². The molecule has 3 saturated heterocycles. The lowest BCUT2D eigenvalue weighted by Crippen LogP contribution is -2.57. The van der Waals surface area contributed by atoms with Crippen LogP contribution in [0.2, 0.25) is 15.5 Å². The molecule has 0 saturated carbocycles. The van der Waals surface area contributed by atoms with E-state index in [2.05, 4.69) is 99.5 Å². The fraction of sp³-hybridized carbons (Fsp3) is 0.342. The lowest BCUT2D eigenvalue weighted by molar-refractivity contribution is 0.0660. The second-order valence-corrected chi connectivity index (χ2v) is 32.6. The van der Waals surface area contributed by atoms with Crippen molar-refractivity contribution in [2.24, 2.45) is 15.0 Å². The van der Waals surface area contributed by atoms with Crippen LogP contribution in [0.15, 0.2) is 129 Å². The van der Waals surface area contributed by atoms with Crippen molar-refractivity contribution in [3.05, 3.63) is 169 Å². The molecule has 20 N–H and O–H groups in total. The Bertz CT molecular complexity index is 5560. The van der Waals surface area contributed by atoms with Crippen molar-refractivity contribution < 1.29 is 42.0 Å². The molecule has 4 aromatic carbocycles. The molecule has 36 nitrogen and oxygen atoms in total. The number of carbonyl (C=O) groups is 7. The molecule has 2 aliphatic carbocycles. The van der Waals surface area contributed by atoms with Crippen LogP contribution in [0, 0.1) is 0 Å². The topological polar surface area (TPSA) is 535 Å². The minimum absolute atomic E-state index is 0.00416. The van der Waals surface area contributed by atoms with Crippen molar-refractivity contribution in [1.29, 1.82) is 0 Å². The first kappa shape index (κ1) is 80.1. The van der Waals surface area contributed by atoms with Gasteiger partial charge in [-0.3, -0.25) is 59.7 Å². The van der Waals surface area contributed by atoms with Crippen molar-refractivity contribution in [2.75, 3.05) is 98.6 Å². The van der Waals surface area contributed by atoms with E-state index in [0.29, 0.717) is 118 Å². The van der Waals surface area contributed by atoms with Crippen molar-refractivity contribution in [3.63, 3.8) is 0 Å². The summed E-state index contributed by atoms with van der Waals surface area (Å²) in [4.78, 5) is 132. The van der Waals surface area contributed by atoms with Crippen molar-refractivity contribution >= 4 is 161 Å². The number of likely N-dealkylation sites (tertiary alicyclic amines) is 3. The van der Waals surface area contributed by atoms with Crippen LogP contribution in [0.25, 0.3) is 16.5 Å². The molecule has 6 aliphatic heterocycles. The van der Waals surface area contributed by atoms with Crippen LogP contribution in [0.4, 0.5) is 45.4 Å². The summed E-state index contributed by atoms with van der Waals surface area (Å²) >= 11 is 17.6. The number of hydrogen-bond donors (Lipinski definition) is 14. The van der Waals surface area contributed by atoms with Gasteiger partial charge >= 0.3 is 6.03 Å². The number of amides is 8. The summed E-state index contributed by atoms with van der Waals surface area (Å²) < 4.78 is 28.0. The van der Waals surface area contributed by atoms with E-state index in [1.165, 1.54) is 58.3 Å². The number of nitrogens with one attached hydrogen (secondary N) is 8. The maximum Gasteiger partial charge on any atom is 0.319 e. The first-order valence-electron chi connectivity index (χ1n) is 37.4. The summed E-state index contributed by atoms with van der Waals surface area (Å²) in [5.74, 6) is -1.84. The van der Waals surface area contributed by atoms with Gasteiger partial charge in [0.25, 0.3) is 45.5 Å². The zero-order valence-corrected chi connectivity index (χ0v) is 66.1. The molecule has 604 valence electrons. The highest BCUT2D eigenvalue weighted by atomic mass is 35.5. The maximum absolute atomic E-state index is 13.7. The quantitative estimate of drug-likeness (QED) is 0.0794. The van der Waals surface area contributed by atoms with Crippen LogP contribution in [-0.2, 0) is 16.4 Å². The number of aliphatic imine (C=N–C) groups is 3. The van der Waals surface area contributed by atoms with Crippen molar-refractivity contribution in [3.8, 4) is 0 Å². The Balaban J connectivity index is 0.000000144. The molecule has 0 bridgehead atoms. The van der Waals surface area contributed by atoms with Crippen molar-refractivity contribution in [2.45, 2.75) is 112 Å². The highest BCUT2D eigenvalue weighted by Gasteiger charge is 2.44. The number of anilines is 7. The first-order chi connectivity index (χ1) is 55.4. The van der Waals surface area contributed by atoms with Crippen molar-refractivity contribution in [1.82, 2.24) is 85.8 Å². The van der Waals surface area contributed by atoms with Crippen LogP contribution in [0.3, 0.4) is 0 Å². The van der Waals surface area contributed by atoms with Gasteiger partial charge in [0.1, 0.15) is 0 Å². The Kier molecular flexibility index (Phi) is 22.7. The first-order valence-corrected chi connectivity index (χ1v) is 40.0. The second-order valence-electron chi connectivity index (χ2n) is 29.7. The van der Waals surface area contributed by atoms with Gasteiger partial charge in [-0.1, -0.05) is 88.9 Å². The minimum Gasteiger partial charge on any atom is -0.382 e. The summed E-state index contributed by atoms with van der Waals surface area (Å²) in [6.45, 7) is 8.10. The van der Waals surface area contributed by atoms with E-state index >= 15 is 0 Å². The third kappa shape index (κ3) is 17.0. The summed E-state index contributed by atoms with van der Waals surface area (Å²) in [6.07, 6.45) is 11.1. The monoisotopic (exact) mass is 1660 g/mol. The van der Waals surface area contributed by atoms with Crippen LogP contribution < -0.4 is 76.9 Å². The van der Waals surface area contributed by atoms with Crippen LogP contribution in [-0.4, -0.2) is 198 Å². The van der Waals surface area contributed by atoms with Gasteiger partial charge in [-0.05, 0) is 150 Å². The SMILES string of the molecule is CC(C)NC(=O)Nc1cccc(C(=O)N2CCC3(CC2)CN=C(NC(=O)c2nc(Cl)c(N)nc2N)N3)c1.Nc1nc(N)c(C(=O)NC2=NCC3(CCN(C(=O)c4ccc5c(c4)C4=C(CCCC4)C5)CC3)N2)nc1Cl.Nc1nc(N)c(C(=O)NC2=NCC3(CCN(C(=O)c4cn(S(=O)(=O)c5ccccc5)c5ccccc45)CC3)N2)nc1Cl. The molecule has 0 atom stereocenters. The summed E-state index contributed by atoms with van der Waals surface area (Å²) in [7, 11) is -3.91. The molecule has 16 rings (SSSR count). The van der Waals surface area contributed by atoms with E-state index in [1.807, 2.05) is 24.8 Å². The van der Waals surface area contributed by atoms with E-state index in [1.54, 1.807) is 82.1 Å². The number of rotatable bonds is 10. The largest absolute Gasteiger partial charge is 0.382 e. The van der Waals surface area contributed by atoms with Gasteiger partial charge in [0.2, 0.25) is 0 Å². The molecule has 0 radical (unpaired) electrons. The van der Waals surface area contributed by atoms with E-state index in [9.17, 15) is 42.0 Å². The van der Waals surface area contributed by atoms with E-state index < -0.39 is 33.3 Å². The second kappa shape index (κ2) is 32.8. The van der Waals surface area contributed by atoms with Gasteiger partial charge in [-0.2, -0.15) is 0 Å². The van der Waals surface area contributed by atoms with Gasteiger partial charge < -0.3 is 75.7 Å². The number of carbonyl (C=O) groups excluding carboxylic acids is 7. The molecule has 4 aromatic heterocycles. The molecule has 116 heavy (non-hydrogen) atoms. The van der Waals surface area contributed by atoms with Gasteiger partial charge in [-0.25, -0.2) is 47.1 Å². The molecule has 40 heteroatoms. The molecule has 3 spiro atoms. The molecular weight excluding hydrogens is 1570 g/mol. The lowest BCUT2D eigenvalue weighted by Gasteiger charge is -2.39. The molecule has 3 fully saturated rings. The normalized spacial score (nSPS) is 17.4. The molecule has 8 aromatic rings. The zero-order chi connectivity index (χ0) is 82.1. The van der Waals surface area contributed by atoms with E-state index in [0.717, 1.165) is 31.2 Å². The smallest absolute Gasteiger partial charge is 0.319 e. The maximum atomic E-state index is 13.7. The summed E-state index contributed by atoms with van der Waals surface area (Å²) in [6, 6.07) is 27.8. The number of allylic oxidation sites excluding steroid dienone is 2. The van der Waals surface area contributed by atoms with Crippen LogP contribution in [0.5, 0.6) is 0 Å². The zero-order valence-electron chi connectivity index (χ0n) is 63.0. The predicted octanol–water partition coefficient (Wildman–Crippen LogP) is 5.58. The van der Waals surface area contributed by atoms with Crippen LogP contribution in [0.1, 0.15) is 152 Å². The highest BCUT2D eigenvalue weighted by molar-refractivity contribution is 7.90. The third-order valence-corrected chi connectivity index (χ3v) is 24.0. The number of urea groups is 1. The Morgan fingerprint density at radius 1 is 0.491 bits per heavy atom. The Morgan fingerprint density at radius 2 is 0.931 bits per heavy atom.